The van der Waals surface area contributed by atoms with E-state index in [0.29, 0.717) is 0 Å². The quantitative estimate of drug-likeness (QED) is 0.849. The molecule has 100 valence electrons. The number of nitrogens with zero attached hydrogens (tertiary/aromatic N) is 1. The van der Waals surface area contributed by atoms with Crippen LogP contribution in [0.1, 0.15) is 22.3 Å². The molecule has 19 heavy (non-hydrogen) atoms. The van der Waals surface area contributed by atoms with Crippen molar-refractivity contribution < 1.29 is 0 Å². The first kappa shape index (κ1) is 13.5. The molecule has 0 fully saturated rings. The minimum absolute atomic E-state index is 0.839. The summed E-state index contributed by atoms with van der Waals surface area (Å²) in [7, 11) is 4.02. The first-order chi connectivity index (χ1) is 8.97. The summed E-state index contributed by atoms with van der Waals surface area (Å²) in [5.74, 6) is 0. The molecule has 2 rings (SSSR count). The molecule has 0 saturated heterocycles. The molecule has 0 bridgehead atoms. The Morgan fingerprint density at radius 3 is 2.11 bits per heavy atom. The zero-order valence-electron chi connectivity index (χ0n) is 12.2. The predicted molar refractivity (Wildman–Crippen MR) is 83.9 cm³/mol. The molecular weight excluding hydrogens is 232 g/mol. The number of benzene rings is 2. The fraction of sp³-hybridized carbons (Fsp3) is 0.294. The molecule has 2 nitrogen and oxygen atoms in total. The summed E-state index contributed by atoms with van der Waals surface area (Å²) >= 11 is 0. The standard InChI is InChI=1S/C17H22N2/c1-12-5-6-14(9-13(12)2)10-15-7-8-17(19(3)4)16(18)11-15/h5-9,11H,10,18H2,1-4H3. The first-order valence-corrected chi connectivity index (χ1v) is 6.59. The Labute approximate surface area is 115 Å². The maximum absolute atomic E-state index is 6.09. The van der Waals surface area contributed by atoms with Crippen LogP contribution in [0.25, 0.3) is 0 Å². The Morgan fingerprint density at radius 2 is 1.53 bits per heavy atom. The number of anilines is 2. The van der Waals surface area contributed by atoms with Crippen LogP contribution in [0.15, 0.2) is 36.4 Å². The van der Waals surface area contributed by atoms with Crippen LogP contribution in [-0.2, 0) is 6.42 Å². The number of hydrogen-bond donors (Lipinski definition) is 1. The van der Waals surface area contributed by atoms with Crippen molar-refractivity contribution >= 4 is 11.4 Å². The van der Waals surface area contributed by atoms with E-state index in [1.54, 1.807) is 0 Å². The molecule has 0 aliphatic heterocycles. The van der Waals surface area contributed by atoms with Gasteiger partial charge in [0.2, 0.25) is 0 Å². The van der Waals surface area contributed by atoms with Crippen molar-refractivity contribution in [3.8, 4) is 0 Å². The van der Waals surface area contributed by atoms with Crippen LogP contribution in [0.2, 0.25) is 0 Å². The molecule has 0 aliphatic rings. The van der Waals surface area contributed by atoms with Gasteiger partial charge in [-0.15, -0.1) is 0 Å². The van der Waals surface area contributed by atoms with Gasteiger partial charge in [0, 0.05) is 14.1 Å². The third kappa shape index (κ3) is 3.08. The maximum Gasteiger partial charge on any atom is 0.0594 e. The zero-order valence-corrected chi connectivity index (χ0v) is 12.2. The van der Waals surface area contributed by atoms with Crippen molar-refractivity contribution in [1.82, 2.24) is 0 Å². The molecule has 2 heteroatoms. The summed E-state index contributed by atoms with van der Waals surface area (Å²) in [6, 6.07) is 12.9. The van der Waals surface area contributed by atoms with E-state index in [1.165, 1.54) is 22.3 Å². The highest BCUT2D eigenvalue weighted by Crippen LogP contribution is 2.24. The van der Waals surface area contributed by atoms with Crippen LogP contribution in [-0.4, -0.2) is 14.1 Å². The summed E-state index contributed by atoms with van der Waals surface area (Å²) in [5.41, 5.74) is 13.3. The number of aryl methyl sites for hydroxylation is 2. The molecule has 0 amide bonds. The predicted octanol–water partition coefficient (Wildman–Crippen LogP) is 3.54. The molecule has 0 unspecified atom stereocenters. The number of rotatable bonds is 3. The van der Waals surface area contributed by atoms with E-state index in [-0.39, 0.29) is 0 Å². The molecule has 2 aromatic rings. The third-order valence-electron chi connectivity index (χ3n) is 3.55. The minimum atomic E-state index is 0.839. The summed E-state index contributed by atoms with van der Waals surface area (Å²) in [6.07, 6.45) is 0.930. The highest BCUT2D eigenvalue weighted by Gasteiger charge is 2.04. The molecule has 0 aliphatic carbocycles. The minimum Gasteiger partial charge on any atom is -0.397 e. The topological polar surface area (TPSA) is 29.3 Å². The summed E-state index contributed by atoms with van der Waals surface area (Å²) < 4.78 is 0. The van der Waals surface area contributed by atoms with Crippen molar-refractivity contribution in [3.63, 3.8) is 0 Å². The molecule has 0 heterocycles. The average Bonchev–Trinajstić information content (AvgIpc) is 2.33. The van der Waals surface area contributed by atoms with Gasteiger partial charge in [-0.3, -0.25) is 0 Å². The number of nitrogens with two attached hydrogens (primary N) is 1. The summed E-state index contributed by atoms with van der Waals surface area (Å²) in [4.78, 5) is 2.04. The van der Waals surface area contributed by atoms with Gasteiger partial charge in [0.25, 0.3) is 0 Å². The smallest absolute Gasteiger partial charge is 0.0594 e. The van der Waals surface area contributed by atoms with Crippen LogP contribution in [0.3, 0.4) is 0 Å². The largest absolute Gasteiger partial charge is 0.397 e. The van der Waals surface area contributed by atoms with Gasteiger partial charge in [0.15, 0.2) is 0 Å². The lowest BCUT2D eigenvalue weighted by Crippen LogP contribution is -2.11. The highest BCUT2D eigenvalue weighted by atomic mass is 15.1. The molecule has 0 spiro atoms. The lowest BCUT2D eigenvalue weighted by molar-refractivity contribution is 1.12. The van der Waals surface area contributed by atoms with Crippen molar-refractivity contribution in [3.05, 3.63) is 58.7 Å². The van der Waals surface area contributed by atoms with Gasteiger partial charge in [0.05, 0.1) is 11.4 Å². The van der Waals surface area contributed by atoms with Gasteiger partial charge in [0.1, 0.15) is 0 Å². The van der Waals surface area contributed by atoms with Crippen LogP contribution in [0.4, 0.5) is 11.4 Å². The second kappa shape index (κ2) is 5.35. The second-order valence-electron chi connectivity index (χ2n) is 5.38. The van der Waals surface area contributed by atoms with E-state index in [1.807, 2.05) is 19.0 Å². The third-order valence-corrected chi connectivity index (χ3v) is 3.55. The van der Waals surface area contributed by atoms with Crippen LogP contribution < -0.4 is 10.6 Å². The Bertz CT molecular complexity index is 586. The molecule has 0 saturated carbocycles. The van der Waals surface area contributed by atoms with Gasteiger partial charge in [-0.2, -0.15) is 0 Å². The highest BCUT2D eigenvalue weighted by molar-refractivity contribution is 5.68. The van der Waals surface area contributed by atoms with E-state index >= 15 is 0 Å². The van der Waals surface area contributed by atoms with Crippen LogP contribution in [0, 0.1) is 13.8 Å². The zero-order chi connectivity index (χ0) is 14.0. The van der Waals surface area contributed by atoms with E-state index in [2.05, 4.69) is 50.2 Å². The Morgan fingerprint density at radius 1 is 0.895 bits per heavy atom. The number of nitrogen functional groups attached to an aromatic ring is 1. The maximum atomic E-state index is 6.09. The van der Waals surface area contributed by atoms with Gasteiger partial charge in [-0.1, -0.05) is 24.3 Å². The monoisotopic (exact) mass is 254 g/mol. The Hall–Kier alpha value is -1.96. The Balaban J connectivity index is 2.24. The average molecular weight is 254 g/mol. The van der Waals surface area contributed by atoms with Crippen LogP contribution in [0.5, 0.6) is 0 Å². The van der Waals surface area contributed by atoms with Crippen molar-refractivity contribution in [2.24, 2.45) is 0 Å². The first-order valence-electron chi connectivity index (χ1n) is 6.59. The van der Waals surface area contributed by atoms with Gasteiger partial charge in [-0.05, 0) is 54.7 Å². The molecule has 0 aromatic heterocycles. The Kier molecular flexibility index (Phi) is 3.79. The molecule has 2 aromatic carbocycles. The summed E-state index contributed by atoms with van der Waals surface area (Å²) in [6.45, 7) is 4.30. The fourth-order valence-electron chi connectivity index (χ4n) is 2.27. The fourth-order valence-corrected chi connectivity index (χ4v) is 2.27. The lowest BCUT2D eigenvalue weighted by atomic mass is 10.00. The van der Waals surface area contributed by atoms with Crippen molar-refractivity contribution in [2.45, 2.75) is 20.3 Å². The molecule has 2 N–H and O–H groups in total. The van der Waals surface area contributed by atoms with Crippen molar-refractivity contribution in [2.75, 3.05) is 24.7 Å². The van der Waals surface area contributed by atoms with E-state index in [0.717, 1.165) is 17.8 Å². The van der Waals surface area contributed by atoms with Crippen LogP contribution >= 0.6 is 0 Å². The molecule has 0 radical (unpaired) electrons. The van der Waals surface area contributed by atoms with E-state index in [9.17, 15) is 0 Å². The van der Waals surface area contributed by atoms with Gasteiger partial charge in [-0.25, -0.2) is 0 Å². The normalized spacial score (nSPS) is 10.5. The second-order valence-corrected chi connectivity index (χ2v) is 5.38. The number of hydrogen-bond acceptors (Lipinski definition) is 2. The van der Waals surface area contributed by atoms with E-state index in [4.69, 9.17) is 5.73 Å². The van der Waals surface area contributed by atoms with Crippen molar-refractivity contribution in [1.29, 1.82) is 0 Å². The van der Waals surface area contributed by atoms with E-state index < -0.39 is 0 Å². The lowest BCUT2D eigenvalue weighted by Gasteiger charge is -2.16. The van der Waals surface area contributed by atoms with Gasteiger partial charge >= 0.3 is 0 Å². The van der Waals surface area contributed by atoms with Gasteiger partial charge < -0.3 is 10.6 Å². The summed E-state index contributed by atoms with van der Waals surface area (Å²) in [5, 5.41) is 0. The molecular formula is C17H22N2. The molecule has 0 atom stereocenters. The SMILES string of the molecule is Cc1ccc(Cc2ccc(N(C)C)c(N)c2)cc1C.